The highest BCUT2D eigenvalue weighted by Crippen LogP contribution is 2.29. The smallest absolute Gasteiger partial charge is 0.356 e. The lowest BCUT2D eigenvalue weighted by atomic mass is 10.0. The maximum atomic E-state index is 13.7. The topological polar surface area (TPSA) is 74.4 Å². The molecular weight excluding hydrogens is 337 g/mol. The summed E-state index contributed by atoms with van der Waals surface area (Å²) < 4.78 is 18.7. The van der Waals surface area contributed by atoms with E-state index in [0.29, 0.717) is 16.8 Å². The van der Waals surface area contributed by atoms with Gasteiger partial charge in [0.25, 0.3) is 0 Å². The Hall–Kier alpha value is -2.41. The summed E-state index contributed by atoms with van der Waals surface area (Å²) in [5.41, 5.74) is 0.970. The largest absolute Gasteiger partial charge is 0.461 e. The van der Waals surface area contributed by atoms with Crippen LogP contribution in [0.2, 0.25) is 0 Å². The van der Waals surface area contributed by atoms with Crippen molar-refractivity contribution in [3.63, 3.8) is 0 Å². The second-order valence-electron chi connectivity index (χ2n) is 6.82. The van der Waals surface area contributed by atoms with Crippen molar-refractivity contribution in [2.24, 2.45) is 5.92 Å². The van der Waals surface area contributed by atoms with Gasteiger partial charge in [-0.3, -0.25) is 9.69 Å². The zero-order chi connectivity index (χ0) is 18.7. The summed E-state index contributed by atoms with van der Waals surface area (Å²) in [5, 5.41) is 3.24. The van der Waals surface area contributed by atoms with E-state index in [2.05, 4.69) is 22.1 Å². The van der Waals surface area contributed by atoms with Gasteiger partial charge in [-0.2, -0.15) is 0 Å². The molecule has 1 aliphatic heterocycles. The molecule has 1 aromatic heterocycles. The highest BCUT2D eigenvalue weighted by atomic mass is 19.1. The van der Waals surface area contributed by atoms with E-state index in [9.17, 15) is 14.0 Å². The van der Waals surface area contributed by atoms with E-state index < -0.39 is 11.8 Å². The first kappa shape index (κ1) is 18.4. The van der Waals surface area contributed by atoms with Crippen molar-refractivity contribution in [1.82, 2.24) is 9.88 Å². The number of likely N-dealkylation sites (tertiary alicyclic amines) is 1. The molecule has 1 amide bonds. The van der Waals surface area contributed by atoms with Crippen LogP contribution < -0.4 is 5.32 Å². The number of rotatable bonds is 5. The maximum Gasteiger partial charge on any atom is 0.356 e. The second-order valence-corrected chi connectivity index (χ2v) is 6.82. The van der Waals surface area contributed by atoms with Crippen molar-refractivity contribution in [1.29, 1.82) is 0 Å². The first-order valence-corrected chi connectivity index (χ1v) is 8.98. The predicted octanol–water partition coefficient (Wildman–Crippen LogP) is 3.15. The number of benzene rings is 1. The van der Waals surface area contributed by atoms with E-state index in [1.807, 2.05) is 0 Å². The van der Waals surface area contributed by atoms with Crippen molar-refractivity contribution < 1.29 is 18.7 Å². The number of carbonyl (C=O) groups is 2. The molecule has 7 heteroatoms. The fourth-order valence-electron chi connectivity index (χ4n) is 3.46. The molecule has 1 aromatic carbocycles. The average molecular weight is 361 g/mol. The van der Waals surface area contributed by atoms with E-state index in [1.165, 1.54) is 24.6 Å². The Morgan fingerprint density at radius 1 is 1.42 bits per heavy atom. The first-order chi connectivity index (χ1) is 12.5. The van der Waals surface area contributed by atoms with Crippen LogP contribution in [0.25, 0.3) is 10.9 Å². The fraction of sp³-hybridized carbons (Fsp3) is 0.474. The number of H-pyrrole nitrogens is 1. The maximum absolute atomic E-state index is 13.7. The molecule has 2 N–H and O–H groups in total. The fourth-order valence-corrected chi connectivity index (χ4v) is 3.46. The number of nitrogens with one attached hydrogen (secondary N) is 2. The summed E-state index contributed by atoms with van der Waals surface area (Å²) in [6, 6.07) is 4.14. The summed E-state index contributed by atoms with van der Waals surface area (Å²) in [7, 11) is 0. The molecule has 6 nitrogen and oxygen atoms in total. The molecule has 3 rings (SSSR count). The van der Waals surface area contributed by atoms with Gasteiger partial charge in [0.15, 0.2) is 0 Å². The molecule has 0 saturated carbocycles. The molecule has 0 spiro atoms. The third kappa shape index (κ3) is 4.04. The Kier molecular flexibility index (Phi) is 5.56. The second kappa shape index (κ2) is 7.86. The molecule has 1 saturated heterocycles. The lowest BCUT2D eigenvalue weighted by molar-refractivity contribution is -0.117. The molecule has 26 heavy (non-hydrogen) atoms. The number of amides is 1. The van der Waals surface area contributed by atoms with Gasteiger partial charge in [0.1, 0.15) is 11.5 Å². The molecule has 2 heterocycles. The molecule has 0 unspecified atom stereocenters. The number of fused-ring (bicyclic) bond motifs is 1. The molecule has 0 bridgehead atoms. The van der Waals surface area contributed by atoms with Crippen LogP contribution in [0, 0.1) is 11.7 Å². The van der Waals surface area contributed by atoms with Gasteiger partial charge in [0.2, 0.25) is 5.91 Å². The van der Waals surface area contributed by atoms with Crippen molar-refractivity contribution in [2.45, 2.75) is 26.7 Å². The minimum absolute atomic E-state index is 0.132. The van der Waals surface area contributed by atoms with Gasteiger partial charge in [-0.1, -0.05) is 6.92 Å². The Labute approximate surface area is 151 Å². The quantitative estimate of drug-likeness (QED) is 0.803. The number of ether oxygens (including phenoxy) is 1. The number of anilines is 1. The van der Waals surface area contributed by atoms with E-state index in [0.717, 1.165) is 19.5 Å². The molecule has 0 aliphatic carbocycles. The van der Waals surface area contributed by atoms with Crippen LogP contribution in [0.5, 0.6) is 0 Å². The van der Waals surface area contributed by atoms with Gasteiger partial charge in [-0.15, -0.1) is 0 Å². The average Bonchev–Trinajstić information content (AvgIpc) is 2.93. The van der Waals surface area contributed by atoms with Crippen LogP contribution in [0.15, 0.2) is 18.2 Å². The molecule has 1 aliphatic rings. The van der Waals surface area contributed by atoms with Crippen molar-refractivity contribution in [3.8, 4) is 0 Å². The molecule has 1 fully saturated rings. The zero-order valence-electron chi connectivity index (χ0n) is 15.1. The number of halogens is 1. The number of hydrogen-bond acceptors (Lipinski definition) is 4. The lowest BCUT2D eigenvalue weighted by Gasteiger charge is -2.30. The Bertz CT molecular complexity index is 818. The number of carbonyl (C=O) groups excluding carboxylic acids is 2. The first-order valence-electron chi connectivity index (χ1n) is 8.98. The van der Waals surface area contributed by atoms with Crippen LogP contribution in [-0.4, -0.2) is 48.0 Å². The Morgan fingerprint density at radius 3 is 2.96 bits per heavy atom. The summed E-state index contributed by atoms with van der Waals surface area (Å²) in [6.07, 6.45) is 2.24. The highest BCUT2D eigenvalue weighted by Gasteiger charge is 2.23. The van der Waals surface area contributed by atoms with Gasteiger partial charge in [-0.25, -0.2) is 9.18 Å². The Morgan fingerprint density at radius 2 is 2.23 bits per heavy atom. The minimum Gasteiger partial charge on any atom is -0.461 e. The van der Waals surface area contributed by atoms with Crippen LogP contribution in [-0.2, 0) is 9.53 Å². The molecule has 1 atom stereocenters. The number of hydrogen-bond donors (Lipinski definition) is 2. The van der Waals surface area contributed by atoms with Crippen molar-refractivity contribution in [3.05, 3.63) is 29.7 Å². The predicted molar refractivity (Wildman–Crippen MR) is 97.7 cm³/mol. The number of nitrogens with zero attached hydrogens (tertiary/aromatic N) is 1. The lowest BCUT2D eigenvalue weighted by Crippen LogP contribution is -2.39. The summed E-state index contributed by atoms with van der Waals surface area (Å²) in [6.45, 7) is 6.09. The highest BCUT2D eigenvalue weighted by molar-refractivity contribution is 6.11. The summed E-state index contributed by atoms with van der Waals surface area (Å²) >= 11 is 0. The van der Waals surface area contributed by atoms with E-state index >= 15 is 0 Å². The standard InChI is InChI=1S/C19H24FN3O3/c1-3-26-19(25)18-17(14-9-13(20)6-7-15(14)21-18)22-16(24)11-23-8-4-5-12(2)10-23/h6-7,9,12,21H,3-5,8,10-11H2,1-2H3,(H,22,24)/t12-/m1/s1. The Balaban J connectivity index is 1.84. The zero-order valence-corrected chi connectivity index (χ0v) is 15.1. The van der Waals surface area contributed by atoms with Crippen molar-refractivity contribution in [2.75, 3.05) is 31.6 Å². The molecule has 0 radical (unpaired) electrons. The normalized spacial score (nSPS) is 18.0. The number of aromatic nitrogens is 1. The van der Waals surface area contributed by atoms with Crippen LogP contribution in [0.1, 0.15) is 37.2 Å². The number of aromatic amines is 1. The van der Waals surface area contributed by atoms with Gasteiger partial charge in [0, 0.05) is 17.4 Å². The van der Waals surface area contributed by atoms with Crippen LogP contribution in [0.3, 0.4) is 0 Å². The monoisotopic (exact) mass is 361 g/mol. The molecule has 140 valence electrons. The van der Waals surface area contributed by atoms with Crippen molar-refractivity contribution >= 4 is 28.5 Å². The van der Waals surface area contributed by atoms with Gasteiger partial charge in [-0.05, 0) is 50.4 Å². The third-order valence-corrected chi connectivity index (χ3v) is 4.61. The summed E-state index contributed by atoms with van der Waals surface area (Å²) in [4.78, 5) is 29.8. The number of esters is 1. The van der Waals surface area contributed by atoms with Crippen LogP contribution >= 0.6 is 0 Å². The van der Waals surface area contributed by atoms with Gasteiger partial charge >= 0.3 is 5.97 Å². The van der Waals surface area contributed by atoms with Gasteiger partial charge < -0.3 is 15.0 Å². The third-order valence-electron chi connectivity index (χ3n) is 4.61. The van der Waals surface area contributed by atoms with E-state index in [4.69, 9.17) is 4.74 Å². The SMILES string of the molecule is CCOC(=O)c1[nH]c2ccc(F)cc2c1NC(=O)CN1CCC[C@@H](C)C1. The van der Waals surface area contributed by atoms with E-state index in [-0.39, 0.29) is 30.4 Å². The number of piperidine rings is 1. The van der Waals surface area contributed by atoms with E-state index in [1.54, 1.807) is 6.92 Å². The summed E-state index contributed by atoms with van der Waals surface area (Å²) in [5.74, 6) is -0.679. The minimum atomic E-state index is -0.578. The van der Waals surface area contributed by atoms with Crippen LogP contribution in [0.4, 0.5) is 10.1 Å². The molecular formula is C19H24FN3O3. The molecule has 2 aromatic rings. The van der Waals surface area contributed by atoms with Gasteiger partial charge in [0.05, 0.1) is 18.8 Å².